The lowest BCUT2D eigenvalue weighted by molar-refractivity contribution is -0.0516. The molecule has 0 spiro atoms. The van der Waals surface area contributed by atoms with Crippen LogP contribution in [0, 0.1) is 11.6 Å². The SMILES string of the molecule is CC(C)(O)C(O)c1cc2nc(N3CCN(Cc4cc(F)ccc4F)CC3)c(N)nc2cn1. The van der Waals surface area contributed by atoms with E-state index in [4.69, 9.17) is 5.73 Å². The standard InChI is InChI=1S/C22H26F2N6O2/c1-22(2,32)19(31)17-10-16-18(11-26-17)27-20(25)21(28-16)30-7-5-29(6-8-30)12-13-9-14(23)3-4-15(13)24/h3-4,9-11,19,31-32H,5-8,12H2,1-2H3,(H2,25,27). The molecule has 1 unspecified atom stereocenters. The van der Waals surface area contributed by atoms with E-state index < -0.39 is 23.3 Å². The van der Waals surface area contributed by atoms with Crippen molar-refractivity contribution in [1.29, 1.82) is 0 Å². The Morgan fingerprint density at radius 1 is 1.09 bits per heavy atom. The van der Waals surface area contributed by atoms with E-state index in [0.29, 0.717) is 55.1 Å². The monoisotopic (exact) mass is 444 g/mol. The van der Waals surface area contributed by atoms with E-state index in [1.165, 1.54) is 26.1 Å². The second-order valence-corrected chi connectivity index (χ2v) is 8.59. The number of aliphatic hydroxyl groups excluding tert-OH is 1. The van der Waals surface area contributed by atoms with Crippen molar-refractivity contribution in [2.75, 3.05) is 36.8 Å². The molecule has 8 nitrogen and oxygen atoms in total. The van der Waals surface area contributed by atoms with Gasteiger partial charge in [-0.3, -0.25) is 9.88 Å². The van der Waals surface area contributed by atoms with Gasteiger partial charge in [0.1, 0.15) is 23.3 Å². The Morgan fingerprint density at radius 3 is 2.50 bits per heavy atom. The average Bonchev–Trinajstić information content (AvgIpc) is 2.75. The molecule has 3 aromatic rings. The second kappa shape index (κ2) is 8.53. The Labute approximate surface area is 184 Å². The molecule has 0 saturated carbocycles. The highest BCUT2D eigenvalue weighted by molar-refractivity contribution is 5.79. The fourth-order valence-electron chi connectivity index (χ4n) is 3.75. The molecule has 0 radical (unpaired) electrons. The van der Waals surface area contributed by atoms with E-state index in [1.807, 2.05) is 9.80 Å². The van der Waals surface area contributed by atoms with Gasteiger partial charge in [0.25, 0.3) is 0 Å². The van der Waals surface area contributed by atoms with Crippen molar-refractivity contribution >= 4 is 22.7 Å². The molecule has 170 valence electrons. The molecule has 4 N–H and O–H groups in total. The molecule has 1 fully saturated rings. The first-order valence-corrected chi connectivity index (χ1v) is 10.4. The molecule has 2 aromatic heterocycles. The third kappa shape index (κ3) is 4.62. The molecule has 1 saturated heterocycles. The van der Waals surface area contributed by atoms with Crippen LogP contribution in [0.15, 0.2) is 30.5 Å². The predicted octanol–water partition coefficient (Wildman–Crippen LogP) is 2.01. The van der Waals surface area contributed by atoms with Gasteiger partial charge in [-0.25, -0.2) is 18.7 Å². The minimum absolute atomic E-state index is 0.264. The maximum Gasteiger partial charge on any atom is 0.172 e. The van der Waals surface area contributed by atoms with Crippen LogP contribution in [0.25, 0.3) is 11.0 Å². The molecule has 10 heteroatoms. The molecule has 4 rings (SSSR count). The first-order chi connectivity index (χ1) is 15.1. The molecule has 0 amide bonds. The van der Waals surface area contributed by atoms with Gasteiger partial charge in [-0.2, -0.15) is 0 Å². The molecule has 1 aliphatic heterocycles. The van der Waals surface area contributed by atoms with Crippen molar-refractivity contribution in [2.24, 2.45) is 0 Å². The minimum atomic E-state index is -1.36. The summed E-state index contributed by atoms with van der Waals surface area (Å²) in [5.41, 5.74) is 6.39. The Balaban J connectivity index is 1.51. The molecule has 1 aromatic carbocycles. The number of hydrogen-bond acceptors (Lipinski definition) is 8. The molecular formula is C22H26F2N6O2. The quantitative estimate of drug-likeness (QED) is 0.548. The number of pyridine rings is 1. The Hall–Kier alpha value is -2.95. The number of fused-ring (bicyclic) bond motifs is 1. The van der Waals surface area contributed by atoms with E-state index in [9.17, 15) is 19.0 Å². The van der Waals surface area contributed by atoms with E-state index in [0.717, 1.165) is 12.1 Å². The van der Waals surface area contributed by atoms with Crippen molar-refractivity contribution in [3.8, 4) is 0 Å². The summed E-state index contributed by atoms with van der Waals surface area (Å²) in [4.78, 5) is 17.2. The first kappa shape index (κ1) is 22.3. The number of nitrogens with zero attached hydrogens (tertiary/aromatic N) is 5. The highest BCUT2D eigenvalue weighted by atomic mass is 19.1. The predicted molar refractivity (Wildman–Crippen MR) is 117 cm³/mol. The van der Waals surface area contributed by atoms with Crippen LogP contribution < -0.4 is 10.6 Å². The first-order valence-electron chi connectivity index (χ1n) is 10.4. The molecule has 1 aliphatic rings. The van der Waals surface area contributed by atoms with Crippen LogP contribution in [0.4, 0.5) is 20.4 Å². The zero-order chi connectivity index (χ0) is 23.0. The van der Waals surface area contributed by atoms with Crippen molar-refractivity contribution in [2.45, 2.75) is 32.1 Å². The summed E-state index contributed by atoms with van der Waals surface area (Å²) in [5.74, 6) is -0.0948. The van der Waals surface area contributed by atoms with Gasteiger partial charge in [0.2, 0.25) is 0 Å². The van der Waals surface area contributed by atoms with Crippen LogP contribution in [0.5, 0.6) is 0 Å². The van der Waals surface area contributed by atoms with Gasteiger partial charge in [0.15, 0.2) is 11.6 Å². The number of rotatable bonds is 5. The third-order valence-electron chi connectivity index (χ3n) is 5.60. The number of hydrogen-bond donors (Lipinski definition) is 3. The Morgan fingerprint density at radius 2 is 1.81 bits per heavy atom. The molecule has 3 heterocycles. The summed E-state index contributed by atoms with van der Waals surface area (Å²) in [6.07, 6.45) is 0.291. The minimum Gasteiger partial charge on any atom is -0.387 e. The number of piperazine rings is 1. The maximum atomic E-state index is 14.0. The third-order valence-corrected chi connectivity index (χ3v) is 5.60. The van der Waals surface area contributed by atoms with Gasteiger partial charge in [-0.15, -0.1) is 0 Å². The van der Waals surface area contributed by atoms with Crippen LogP contribution in [-0.4, -0.2) is 61.8 Å². The van der Waals surface area contributed by atoms with Gasteiger partial charge >= 0.3 is 0 Å². The van der Waals surface area contributed by atoms with E-state index in [1.54, 1.807) is 6.07 Å². The highest BCUT2D eigenvalue weighted by Crippen LogP contribution is 2.28. The summed E-state index contributed by atoms with van der Waals surface area (Å²) in [7, 11) is 0. The average molecular weight is 444 g/mol. The number of nitrogen functional groups attached to an aromatic ring is 1. The second-order valence-electron chi connectivity index (χ2n) is 8.59. The smallest absolute Gasteiger partial charge is 0.172 e. The lowest BCUT2D eigenvalue weighted by Crippen LogP contribution is -2.46. The van der Waals surface area contributed by atoms with Crippen LogP contribution >= 0.6 is 0 Å². The van der Waals surface area contributed by atoms with E-state index in [-0.39, 0.29) is 11.5 Å². The maximum absolute atomic E-state index is 14.0. The van der Waals surface area contributed by atoms with Crippen LogP contribution in [-0.2, 0) is 6.54 Å². The number of anilines is 2. The van der Waals surface area contributed by atoms with Gasteiger partial charge in [0.05, 0.1) is 23.0 Å². The van der Waals surface area contributed by atoms with E-state index in [2.05, 4.69) is 15.0 Å². The van der Waals surface area contributed by atoms with Gasteiger partial charge in [-0.1, -0.05) is 0 Å². The number of benzene rings is 1. The van der Waals surface area contributed by atoms with Gasteiger partial charge in [-0.05, 0) is 38.1 Å². The Bertz CT molecular complexity index is 1130. The zero-order valence-electron chi connectivity index (χ0n) is 18.0. The van der Waals surface area contributed by atoms with Crippen LogP contribution in [0.1, 0.15) is 31.2 Å². The number of nitrogens with two attached hydrogens (primary N) is 1. The summed E-state index contributed by atoms with van der Waals surface area (Å²) in [5, 5.41) is 20.4. The fraction of sp³-hybridized carbons (Fsp3) is 0.409. The zero-order valence-corrected chi connectivity index (χ0v) is 18.0. The van der Waals surface area contributed by atoms with Crippen LogP contribution in [0.3, 0.4) is 0 Å². The lowest BCUT2D eigenvalue weighted by Gasteiger charge is -2.35. The largest absolute Gasteiger partial charge is 0.387 e. The van der Waals surface area contributed by atoms with Gasteiger partial charge < -0.3 is 20.8 Å². The topological polar surface area (TPSA) is 112 Å². The van der Waals surface area contributed by atoms with Crippen LogP contribution in [0.2, 0.25) is 0 Å². The fourth-order valence-corrected chi connectivity index (χ4v) is 3.75. The van der Waals surface area contributed by atoms with Gasteiger partial charge in [0, 0.05) is 38.3 Å². The normalized spacial score (nSPS) is 16.5. The molecule has 32 heavy (non-hydrogen) atoms. The van der Waals surface area contributed by atoms with E-state index >= 15 is 0 Å². The molecule has 0 aliphatic carbocycles. The molecule has 0 bridgehead atoms. The van der Waals surface area contributed by atoms with Crippen molar-refractivity contribution in [1.82, 2.24) is 19.9 Å². The molecule has 1 atom stereocenters. The Kier molecular flexibility index (Phi) is 5.93. The lowest BCUT2D eigenvalue weighted by atomic mass is 9.98. The summed E-state index contributed by atoms with van der Waals surface area (Å²) in [6.45, 7) is 5.73. The summed E-state index contributed by atoms with van der Waals surface area (Å²) >= 11 is 0. The molecular weight excluding hydrogens is 418 g/mol. The number of halogens is 2. The van der Waals surface area contributed by atoms with Crippen molar-refractivity contribution in [3.05, 3.63) is 53.4 Å². The van der Waals surface area contributed by atoms with Crippen molar-refractivity contribution in [3.63, 3.8) is 0 Å². The number of aliphatic hydroxyl groups is 2. The summed E-state index contributed by atoms with van der Waals surface area (Å²) in [6, 6.07) is 5.07. The van der Waals surface area contributed by atoms with Crippen molar-refractivity contribution < 1.29 is 19.0 Å². The summed E-state index contributed by atoms with van der Waals surface area (Å²) < 4.78 is 27.4. The highest BCUT2D eigenvalue weighted by Gasteiger charge is 2.28. The number of aromatic nitrogens is 3.